The number of rotatable bonds is 5. The summed E-state index contributed by atoms with van der Waals surface area (Å²) in [6, 6.07) is 11.7. The number of nitrogens with one attached hydrogen (secondary N) is 1. The van der Waals surface area contributed by atoms with Gasteiger partial charge in [0, 0.05) is 21.5 Å². The quantitative estimate of drug-likeness (QED) is 0.139. The number of hydrogen-bond donors (Lipinski definition) is 1. The number of nitriles is 1. The summed E-state index contributed by atoms with van der Waals surface area (Å²) in [5.41, 5.74) is 1.52. The Kier molecular flexibility index (Phi) is 5.96. The van der Waals surface area contributed by atoms with Gasteiger partial charge in [-0.05, 0) is 77.7 Å². The predicted octanol–water partition coefficient (Wildman–Crippen LogP) is 4.31. The first-order chi connectivity index (χ1) is 13.4. The van der Waals surface area contributed by atoms with Gasteiger partial charge in [-0.3, -0.25) is 25.0 Å². The van der Waals surface area contributed by atoms with Gasteiger partial charge >= 0.3 is 0 Å². The second kappa shape index (κ2) is 8.41. The van der Waals surface area contributed by atoms with E-state index in [2.05, 4.69) is 32.7 Å². The summed E-state index contributed by atoms with van der Waals surface area (Å²) in [5.74, 6) is 0. The molecule has 8 nitrogen and oxygen atoms in total. The molecule has 1 aromatic heterocycles. The number of aliphatic imine (C=N–C) groups is 1. The zero-order valence-corrected chi connectivity index (χ0v) is 17.4. The summed E-state index contributed by atoms with van der Waals surface area (Å²) in [7, 11) is 0. The molecule has 1 N–H and O–H groups in total. The van der Waals surface area contributed by atoms with Crippen LogP contribution in [0.5, 0.6) is 0 Å². The Morgan fingerprint density at radius 1 is 1.32 bits per heavy atom. The van der Waals surface area contributed by atoms with E-state index in [4.69, 9.17) is 5.26 Å². The maximum Gasteiger partial charge on any atom is 0.286 e. The Balaban J connectivity index is 1.96. The van der Waals surface area contributed by atoms with E-state index in [9.17, 15) is 14.9 Å². The molecule has 0 aliphatic heterocycles. The van der Waals surface area contributed by atoms with E-state index < -0.39 is 4.92 Å². The molecule has 0 bridgehead atoms. The molecule has 140 valence electrons. The molecule has 0 aliphatic carbocycles. The van der Waals surface area contributed by atoms with Crippen LogP contribution in [0.2, 0.25) is 0 Å². The lowest BCUT2D eigenvalue weighted by Gasteiger charge is -2.00. The smallest absolute Gasteiger partial charge is 0.286 e. The molecule has 0 spiro atoms. The molecule has 0 atom stereocenters. The van der Waals surface area contributed by atoms with E-state index in [-0.39, 0.29) is 16.1 Å². The molecule has 0 saturated carbocycles. The Labute approximate surface area is 177 Å². The fourth-order valence-electron chi connectivity index (χ4n) is 2.49. The number of aromatic nitrogens is 2. The standard InChI is InChI=1S/C18H12IN5O3S/c1-11-15(18(25)23(22-11)14-5-2-12(19)3-6-14)9-21-13-4-7-17(28-10-20)16(8-13)24(26)27/h2-9,22H,1H3. The topological polar surface area (TPSA) is 117 Å². The third-order valence-electron chi connectivity index (χ3n) is 3.84. The first kappa shape index (κ1) is 19.8. The Morgan fingerprint density at radius 3 is 2.68 bits per heavy atom. The molecule has 0 fully saturated rings. The number of aryl methyl sites for hydroxylation is 1. The van der Waals surface area contributed by atoms with Crippen LogP contribution in [-0.2, 0) is 0 Å². The van der Waals surface area contributed by atoms with Gasteiger partial charge in [0.1, 0.15) is 10.3 Å². The number of nitro benzene ring substituents is 1. The van der Waals surface area contributed by atoms with Crippen LogP contribution in [0.3, 0.4) is 0 Å². The molecule has 28 heavy (non-hydrogen) atoms. The minimum atomic E-state index is -0.565. The van der Waals surface area contributed by atoms with Crippen LogP contribution in [0.1, 0.15) is 11.3 Å². The second-order valence-electron chi connectivity index (χ2n) is 5.63. The van der Waals surface area contributed by atoms with Crippen LogP contribution in [0.25, 0.3) is 5.69 Å². The van der Waals surface area contributed by atoms with Crippen LogP contribution in [0.4, 0.5) is 11.4 Å². The lowest BCUT2D eigenvalue weighted by Crippen LogP contribution is -2.17. The van der Waals surface area contributed by atoms with E-state index in [1.54, 1.807) is 13.0 Å². The van der Waals surface area contributed by atoms with Gasteiger partial charge in [0.05, 0.1) is 21.9 Å². The van der Waals surface area contributed by atoms with E-state index in [0.717, 1.165) is 3.57 Å². The number of halogens is 1. The average molecular weight is 505 g/mol. The van der Waals surface area contributed by atoms with E-state index >= 15 is 0 Å². The van der Waals surface area contributed by atoms with E-state index in [1.807, 2.05) is 29.7 Å². The maximum atomic E-state index is 12.7. The number of thiocyanates is 1. The van der Waals surface area contributed by atoms with Crippen molar-refractivity contribution >= 4 is 51.9 Å². The van der Waals surface area contributed by atoms with Gasteiger partial charge in [0.15, 0.2) is 0 Å². The molecule has 0 unspecified atom stereocenters. The lowest BCUT2D eigenvalue weighted by molar-refractivity contribution is -0.387. The maximum absolute atomic E-state index is 12.7. The summed E-state index contributed by atoms with van der Waals surface area (Å²) in [6.07, 6.45) is 1.38. The first-order valence-corrected chi connectivity index (χ1v) is 9.76. The fourth-order valence-corrected chi connectivity index (χ4v) is 3.32. The van der Waals surface area contributed by atoms with Gasteiger partial charge in [0.2, 0.25) is 0 Å². The van der Waals surface area contributed by atoms with Crippen molar-refractivity contribution in [2.24, 2.45) is 4.99 Å². The van der Waals surface area contributed by atoms with Crippen molar-refractivity contribution < 1.29 is 4.92 Å². The third kappa shape index (κ3) is 4.15. The van der Waals surface area contributed by atoms with Crippen molar-refractivity contribution in [3.63, 3.8) is 0 Å². The highest BCUT2D eigenvalue weighted by Crippen LogP contribution is 2.32. The second-order valence-corrected chi connectivity index (χ2v) is 7.70. The molecule has 0 aliphatic rings. The highest BCUT2D eigenvalue weighted by Gasteiger charge is 2.15. The van der Waals surface area contributed by atoms with Crippen molar-refractivity contribution in [2.75, 3.05) is 0 Å². The first-order valence-electron chi connectivity index (χ1n) is 7.86. The highest BCUT2D eigenvalue weighted by atomic mass is 127. The number of H-pyrrole nitrogens is 1. The van der Waals surface area contributed by atoms with Gasteiger partial charge in [0.25, 0.3) is 11.2 Å². The molecule has 0 saturated heterocycles. The third-order valence-corrected chi connectivity index (χ3v) is 5.21. The number of nitrogens with zero attached hydrogens (tertiary/aromatic N) is 4. The van der Waals surface area contributed by atoms with E-state index in [1.165, 1.54) is 23.0 Å². The van der Waals surface area contributed by atoms with Gasteiger partial charge in [-0.2, -0.15) is 5.26 Å². The van der Waals surface area contributed by atoms with Crippen LogP contribution >= 0.6 is 34.4 Å². The molecular formula is C18H12IN5O3S. The molecule has 3 rings (SSSR count). The Morgan fingerprint density at radius 2 is 2.04 bits per heavy atom. The molecule has 3 aromatic rings. The van der Waals surface area contributed by atoms with Gasteiger partial charge < -0.3 is 0 Å². The summed E-state index contributed by atoms with van der Waals surface area (Å²) in [4.78, 5) is 27.8. The monoisotopic (exact) mass is 505 g/mol. The van der Waals surface area contributed by atoms with Crippen molar-refractivity contribution in [3.8, 4) is 11.1 Å². The molecule has 2 aromatic carbocycles. The van der Waals surface area contributed by atoms with Crippen LogP contribution in [0, 0.1) is 31.3 Å². The van der Waals surface area contributed by atoms with Gasteiger partial charge in [-0.1, -0.05) is 0 Å². The van der Waals surface area contributed by atoms with Crippen LogP contribution < -0.4 is 5.56 Å². The summed E-state index contributed by atoms with van der Waals surface area (Å²) < 4.78 is 2.47. The van der Waals surface area contributed by atoms with Crippen molar-refractivity contribution in [2.45, 2.75) is 11.8 Å². The zero-order chi connectivity index (χ0) is 20.3. The van der Waals surface area contributed by atoms with Crippen molar-refractivity contribution in [3.05, 3.63) is 77.8 Å². The van der Waals surface area contributed by atoms with Crippen molar-refractivity contribution in [1.82, 2.24) is 9.78 Å². The number of thioether (sulfide) groups is 1. The molecular weight excluding hydrogens is 493 g/mol. The molecule has 0 amide bonds. The number of hydrogen-bond acceptors (Lipinski definition) is 6. The lowest BCUT2D eigenvalue weighted by atomic mass is 10.2. The Bertz CT molecular complexity index is 1180. The summed E-state index contributed by atoms with van der Waals surface area (Å²) >= 11 is 2.90. The van der Waals surface area contributed by atoms with Gasteiger partial charge in [-0.15, -0.1) is 0 Å². The largest absolute Gasteiger partial charge is 0.295 e. The normalized spacial score (nSPS) is 10.9. The average Bonchev–Trinajstić information content (AvgIpc) is 2.95. The van der Waals surface area contributed by atoms with Crippen molar-refractivity contribution in [1.29, 1.82) is 5.26 Å². The molecule has 1 heterocycles. The zero-order valence-electron chi connectivity index (χ0n) is 14.4. The fraction of sp³-hybridized carbons (Fsp3) is 0.0556. The van der Waals surface area contributed by atoms with Crippen LogP contribution in [-0.4, -0.2) is 20.9 Å². The minimum absolute atomic E-state index is 0.205. The summed E-state index contributed by atoms with van der Waals surface area (Å²) in [5, 5.41) is 24.7. The Hall–Kier alpha value is -2.91. The molecule has 10 heteroatoms. The highest BCUT2D eigenvalue weighted by molar-refractivity contribution is 14.1. The summed E-state index contributed by atoms with van der Waals surface area (Å²) in [6.45, 7) is 1.75. The SMILES string of the molecule is Cc1[nH]n(-c2ccc(I)cc2)c(=O)c1C=Nc1ccc(SC#N)c([N+](=O)[O-])c1. The number of nitro groups is 1. The predicted molar refractivity (Wildman–Crippen MR) is 116 cm³/mol. The van der Waals surface area contributed by atoms with Crippen LogP contribution in [0.15, 0.2) is 57.1 Å². The van der Waals surface area contributed by atoms with E-state index in [0.29, 0.717) is 34.4 Å². The number of aromatic amines is 1. The molecule has 0 radical (unpaired) electrons. The minimum Gasteiger partial charge on any atom is -0.295 e. The van der Waals surface area contributed by atoms with Gasteiger partial charge in [-0.25, -0.2) is 4.68 Å². The number of benzene rings is 2.